The minimum absolute atomic E-state index is 0.0674. The Kier molecular flexibility index (Phi) is 8.04. The second-order valence-electron chi connectivity index (χ2n) is 11.1. The van der Waals surface area contributed by atoms with E-state index in [1.54, 1.807) is 7.11 Å². The largest absolute Gasteiger partial charge is 0.496 e. The van der Waals surface area contributed by atoms with Gasteiger partial charge in [-0.15, -0.1) is 0 Å². The Morgan fingerprint density at radius 1 is 1.10 bits per heavy atom. The summed E-state index contributed by atoms with van der Waals surface area (Å²) in [5, 5.41) is 4.37. The van der Waals surface area contributed by atoms with E-state index in [2.05, 4.69) is 10.2 Å². The van der Waals surface area contributed by atoms with E-state index in [1.807, 2.05) is 29.2 Å². The van der Waals surface area contributed by atoms with Crippen LogP contribution in [-0.2, 0) is 17.6 Å². The zero-order valence-electron chi connectivity index (χ0n) is 22.8. The Labute approximate surface area is 235 Å². The predicted octanol–water partition coefficient (Wildman–Crippen LogP) is 4.50. The van der Waals surface area contributed by atoms with Crippen molar-refractivity contribution >= 4 is 28.4 Å². The molecular weight excluding hydrogens is 514 g/mol. The summed E-state index contributed by atoms with van der Waals surface area (Å²) in [6, 6.07) is 6.74. The van der Waals surface area contributed by atoms with Crippen molar-refractivity contribution in [3.8, 4) is 5.75 Å². The Hall–Kier alpha value is -2.68. The van der Waals surface area contributed by atoms with Crippen LogP contribution in [0, 0.1) is 0 Å². The Balaban J connectivity index is 1.15. The molecule has 2 saturated heterocycles. The fourth-order valence-corrected chi connectivity index (χ4v) is 6.72. The maximum absolute atomic E-state index is 13.4. The van der Waals surface area contributed by atoms with Crippen molar-refractivity contribution in [2.24, 2.45) is 0 Å². The molecule has 6 rings (SSSR count). The summed E-state index contributed by atoms with van der Waals surface area (Å²) in [6.07, 6.45) is 10.1. The molecule has 0 radical (unpaired) electrons. The van der Waals surface area contributed by atoms with Gasteiger partial charge in [0.2, 0.25) is 0 Å². The number of allylic oxidation sites excluding steroid dienone is 1. The zero-order chi connectivity index (χ0) is 26.8. The van der Waals surface area contributed by atoms with Crippen LogP contribution < -0.4 is 10.1 Å². The number of fused-ring (bicyclic) bond motifs is 1. The third-order valence-electron chi connectivity index (χ3n) is 8.64. The standard InChI is InChI=1S/C30H38ClN5O3/c1-38-26-18-21(30(37)36-12-10-23(11-13-36)35-14-16-39-17-15-35)7-6-20(26)19-27-33-25-9-8-24(31)28(25)29(34-27)32-22-4-2-3-5-22/h6-8,18,22-23H,2-5,9-17,19H2,1H3,(H,32,33,34). The number of anilines is 1. The zero-order valence-corrected chi connectivity index (χ0v) is 23.5. The lowest BCUT2D eigenvalue weighted by atomic mass is 10.0. The lowest BCUT2D eigenvalue weighted by Gasteiger charge is -2.40. The smallest absolute Gasteiger partial charge is 0.253 e. The number of halogens is 1. The van der Waals surface area contributed by atoms with E-state index < -0.39 is 0 Å². The van der Waals surface area contributed by atoms with Crippen molar-refractivity contribution in [3.63, 3.8) is 0 Å². The lowest BCUT2D eigenvalue weighted by Crippen LogP contribution is -2.50. The van der Waals surface area contributed by atoms with Crippen molar-refractivity contribution in [3.05, 3.63) is 52.5 Å². The number of carbonyl (C=O) groups is 1. The van der Waals surface area contributed by atoms with Gasteiger partial charge in [-0.1, -0.05) is 36.6 Å². The minimum Gasteiger partial charge on any atom is -0.496 e. The molecule has 8 nitrogen and oxygen atoms in total. The summed E-state index contributed by atoms with van der Waals surface area (Å²) < 4.78 is 11.2. The third-order valence-corrected chi connectivity index (χ3v) is 8.98. The van der Waals surface area contributed by atoms with Crippen LogP contribution >= 0.6 is 11.6 Å². The Bertz CT molecular complexity index is 1230. The van der Waals surface area contributed by atoms with Gasteiger partial charge in [0.05, 0.1) is 31.6 Å². The average Bonchev–Trinajstić information content (AvgIpc) is 3.63. The molecule has 0 spiro atoms. The first kappa shape index (κ1) is 26.5. The first-order valence-electron chi connectivity index (χ1n) is 14.4. The number of carbonyl (C=O) groups excluding carboxylic acids is 1. The summed E-state index contributed by atoms with van der Waals surface area (Å²) in [5.41, 5.74) is 3.54. The molecule has 0 unspecified atom stereocenters. The topological polar surface area (TPSA) is 79.8 Å². The molecule has 208 valence electrons. The summed E-state index contributed by atoms with van der Waals surface area (Å²) in [6.45, 7) is 5.16. The molecule has 1 saturated carbocycles. The van der Waals surface area contributed by atoms with Gasteiger partial charge >= 0.3 is 0 Å². The molecule has 2 aliphatic carbocycles. The molecule has 4 aliphatic rings. The highest BCUT2D eigenvalue weighted by Crippen LogP contribution is 2.36. The molecule has 1 aromatic carbocycles. The molecule has 3 fully saturated rings. The molecule has 2 aliphatic heterocycles. The number of nitrogens with one attached hydrogen (secondary N) is 1. The van der Waals surface area contributed by atoms with Crippen LogP contribution in [0.15, 0.2) is 24.3 Å². The van der Waals surface area contributed by atoms with Crippen LogP contribution in [0.3, 0.4) is 0 Å². The van der Waals surface area contributed by atoms with Gasteiger partial charge in [0, 0.05) is 67.3 Å². The molecule has 3 heterocycles. The molecule has 1 amide bonds. The fraction of sp³-hybridized carbons (Fsp3) is 0.567. The number of benzene rings is 1. The minimum atomic E-state index is 0.0674. The number of hydrogen-bond donors (Lipinski definition) is 1. The number of hydrogen-bond acceptors (Lipinski definition) is 7. The summed E-state index contributed by atoms with van der Waals surface area (Å²) in [4.78, 5) is 27.6. The van der Waals surface area contributed by atoms with Crippen molar-refractivity contribution in [1.82, 2.24) is 19.8 Å². The van der Waals surface area contributed by atoms with E-state index in [4.69, 9.17) is 31.0 Å². The highest BCUT2D eigenvalue weighted by Gasteiger charge is 2.29. The monoisotopic (exact) mass is 551 g/mol. The number of methoxy groups -OCH3 is 1. The molecule has 0 atom stereocenters. The SMILES string of the molecule is COc1cc(C(=O)N2CCC(N3CCOCC3)CC2)ccc1Cc1nc2c(c(NC3CCCC3)n1)C(Cl)=CC2. The van der Waals surface area contributed by atoms with Gasteiger partial charge in [0.15, 0.2) is 0 Å². The molecule has 1 N–H and O–H groups in total. The van der Waals surface area contributed by atoms with Crippen LogP contribution in [-0.4, -0.2) is 84.3 Å². The van der Waals surface area contributed by atoms with E-state index >= 15 is 0 Å². The number of morpholine rings is 1. The van der Waals surface area contributed by atoms with E-state index in [-0.39, 0.29) is 5.91 Å². The highest BCUT2D eigenvalue weighted by molar-refractivity contribution is 6.49. The molecular formula is C30H38ClN5O3. The van der Waals surface area contributed by atoms with E-state index in [1.165, 1.54) is 12.8 Å². The average molecular weight is 552 g/mol. The van der Waals surface area contributed by atoms with Crippen LogP contribution in [0.25, 0.3) is 5.03 Å². The molecule has 9 heteroatoms. The van der Waals surface area contributed by atoms with Crippen LogP contribution in [0.2, 0.25) is 0 Å². The highest BCUT2D eigenvalue weighted by atomic mass is 35.5. The number of rotatable bonds is 7. The number of likely N-dealkylation sites (tertiary alicyclic amines) is 1. The van der Waals surface area contributed by atoms with Crippen molar-refractivity contribution in [2.75, 3.05) is 51.8 Å². The van der Waals surface area contributed by atoms with Crippen molar-refractivity contribution in [1.29, 1.82) is 0 Å². The number of nitrogens with zero attached hydrogens (tertiary/aromatic N) is 4. The summed E-state index contributed by atoms with van der Waals surface area (Å²) in [5.74, 6) is 2.33. The van der Waals surface area contributed by atoms with Gasteiger partial charge in [-0.2, -0.15) is 0 Å². The van der Waals surface area contributed by atoms with Gasteiger partial charge in [-0.05, 0) is 37.8 Å². The third kappa shape index (κ3) is 5.79. The summed E-state index contributed by atoms with van der Waals surface area (Å²) in [7, 11) is 1.65. The predicted molar refractivity (Wildman–Crippen MR) is 153 cm³/mol. The van der Waals surface area contributed by atoms with Gasteiger partial charge < -0.3 is 19.7 Å². The van der Waals surface area contributed by atoms with Crippen LogP contribution in [0.1, 0.15) is 71.5 Å². The second kappa shape index (κ2) is 11.8. The van der Waals surface area contributed by atoms with E-state index in [0.717, 1.165) is 105 Å². The molecule has 39 heavy (non-hydrogen) atoms. The normalized spacial score (nSPS) is 20.7. The lowest BCUT2D eigenvalue weighted by molar-refractivity contribution is 0.00158. The van der Waals surface area contributed by atoms with E-state index in [9.17, 15) is 4.79 Å². The summed E-state index contributed by atoms with van der Waals surface area (Å²) >= 11 is 6.53. The number of piperidine rings is 1. The Morgan fingerprint density at radius 3 is 2.62 bits per heavy atom. The molecule has 2 aromatic rings. The van der Waals surface area contributed by atoms with Crippen LogP contribution in [0.4, 0.5) is 5.82 Å². The first-order chi connectivity index (χ1) is 19.1. The van der Waals surface area contributed by atoms with Crippen molar-refractivity contribution < 1.29 is 14.3 Å². The van der Waals surface area contributed by atoms with Gasteiger partial charge in [-0.3, -0.25) is 9.69 Å². The number of ether oxygens (including phenoxy) is 2. The van der Waals surface area contributed by atoms with Gasteiger partial charge in [0.1, 0.15) is 17.4 Å². The van der Waals surface area contributed by atoms with Gasteiger partial charge in [-0.25, -0.2) is 9.97 Å². The van der Waals surface area contributed by atoms with E-state index in [0.29, 0.717) is 29.8 Å². The van der Waals surface area contributed by atoms with Crippen LogP contribution in [0.5, 0.6) is 5.75 Å². The maximum Gasteiger partial charge on any atom is 0.253 e. The second-order valence-corrected chi connectivity index (χ2v) is 11.5. The van der Waals surface area contributed by atoms with Crippen molar-refractivity contribution in [2.45, 2.75) is 63.5 Å². The number of amides is 1. The molecule has 0 bridgehead atoms. The fourth-order valence-electron chi connectivity index (χ4n) is 6.45. The number of aromatic nitrogens is 2. The first-order valence-corrected chi connectivity index (χ1v) is 14.8. The quantitative estimate of drug-likeness (QED) is 0.542. The molecule has 1 aromatic heterocycles. The maximum atomic E-state index is 13.4. The Morgan fingerprint density at radius 2 is 1.87 bits per heavy atom. The van der Waals surface area contributed by atoms with Gasteiger partial charge in [0.25, 0.3) is 5.91 Å².